The highest BCUT2D eigenvalue weighted by atomic mass is 16.5. The van der Waals surface area contributed by atoms with Crippen LogP contribution < -0.4 is 11.5 Å². The van der Waals surface area contributed by atoms with E-state index in [1.807, 2.05) is 12.1 Å². The van der Waals surface area contributed by atoms with Crippen LogP contribution in [0.3, 0.4) is 0 Å². The Morgan fingerprint density at radius 1 is 1.57 bits per heavy atom. The fraction of sp³-hybridized carbons (Fsp3) is 0.300. The Labute approximate surface area is 82.8 Å². The molecule has 76 valence electrons. The number of rotatable bonds is 3. The van der Waals surface area contributed by atoms with Crippen molar-refractivity contribution in [3.05, 3.63) is 29.8 Å². The molecule has 0 aromatic heterocycles. The van der Waals surface area contributed by atoms with Gasteiger partial charge >= 0.3 is 5.97 Å². The molecule has 0 radical (unpaired) electrons. The van der Waals surface area contributed by atoms with E-state index >= 15 is 0 Å². The minimum atomic E-state index is -0.623. The maximum absolute atomic E-state index is 11.0. The third-order valence-corrected chi connectivity index (χ3v) is 1.91. The first-order chi connectivity index (χ1) is 6.63. The first-order valence-electron chi connectivity index (χ1n) is 4.31. The molecule has 1 aromatic carbocycles. The van der Waals surface area contributed by atoms with E-state index in [1.165, 1.54) is 7.11 Å². The average Bonchev–Trinajstić information content (AvgIpc) is 2.16. The SMILES string of the molecule is COC(=O)C(N)Cc1cccc(N)c1. The molecule has 4 N–H and O–H groups in total. The number of carbonyl (C=O) groups is 1. The Morgan fingerprint density at radius 3 is 2.86 bits per heavy atom. The molecule has 4 heteroatoms. The summed E-state index contributed by atoms with van der Waals surface area (Å²) in [4.78, 5) is 11.0. The normalized spacial score (nSPS) is 12.1. The van der Waals surface area contributed by atoms with Crippen molar-refractivity contribution in [3.63, 3.8) is 0 Å². The zero-order chi connectivity index (χ0) is 10.6. The average molecular weight is 194 g/mol. The molecule has 0 aliphatic carbocycles. The lowest BCUT2D eigenvalue weighted by Crippen LogP contribution is -2.33. The molecule has 1 rings (SSSR count). The number of methoxy groups -OCH3 is 1. The van der Waals surface area contributed by atoms with Gasteiger partial charge in [-0.3, -0.25) is 4.79 Å². The van der Waals surface area contributed by atoms with E-state index in [4.69, 9.17) is 11.5 Å². The van der Waals surface area contributed by atoms with Crippen LogP contribution in [0.15, 0.2) is 24.3 Å². The van der Waals surface area contributed by atoms with Crippen LogP contribution in [-0.4, -0.2) is 19.1 Å². The summed E-state index contributed by atoms with van der Waals surface area (Å²) in [6.07, 6.45) is 0.442. The van der Waals surface area contributed by atoms with Crippen molar-refractivity contribution in [3.8, 4) is 0 Å². The summed E-state index contributed by atoms with van der Waals surface area (Å²) in [6, 6.07) is 6.66. The summed E-state index contributed by atoms with van der Waals surface area (Å²) in [5.74, 6) is -0.410. The van der Waals surface area contributed by atoms with Crippen LogP contribution in [0.5, 0.6) is 0 Å². The van der Waals surface area contributed by atoms with Gasteiger partial charge in [0, 0.05) is 5.69 Å². The minimum Gasteiger partial charge on any atom is -0.468 e. The molecule has 1 unspecified atom stereocenters. The van der Waals surface area contributed by atoms with Crippen LogP contribution in [0.25, 0.3) is 0 Å². The van der Waals surface area contributed by atoms with Crippen molar-refractivity contribution in [1.29, 1.82) is 0 Å². The fourth-order valence-electron chi connectivity index (χ4n) is 1.21. The van der Waals surface area contributed by atoms with Gasteiger partial charge in [-0.25, -0.2) is 0 Å². The summed E-state index contributed by atoms with van der Waals surface area (Å²) in [5, 5.41) is 0. The van der Waals surface area contributed by atoms with Gasteiger partial charge in [-0.15, -0.1) is 0 Å². The van der Waals surface area contributed by atoms with E-state index in [0.717, 1.165) is 5.56 Å². The Kier molecular flexibility index (Phi) is 3.48. The van der Waals surface area contributed by atoms with Gasteiger partial charge in [0.15, 0.2) is 0 Å². The number of anilines is 1. The van der Waals surface area contributed by atoms with Crippen LogP contribution in [0.4, 0.5) is 5.69 Å². The molecule has 1 aromatic rings. The van der Waals surface area contributed by atoms with Gasteiger partial charge in [0.05, 0.1) is 7.11 Å². The summed E-state index contributed by atoms with van der Waals surface area (Å²) in [6.45, 7) is 0. The molecule has 0 fully saturated rings. The molecule has 0 spiro atoms. The molecule has 0 bridgehead atoms. The van der Waals surface area contributed by atoms with E-state index in [1.54, 1.807) is 12.1 Å². The smallest absolute Gasteiger partial charge is 0.322 e. The van der Waals surface area contributed by atoms with Crippen LogP contribution >= 0.6 is 0 Å². The number of benzene rings is 1. The third kappa shape index (κ3) is 2.74. The van der Waals surface area contributed by atoms with E-state index < -0.39 is 12.0 Å². The molecule has 1 atom stereocenters. The van der Waals surface area contributed by atoms with Crippen molar-refractivity contribution in [2.24, 2.45) is 5.73 Å². The van der Waals surface area contributed by atoms with Crippen molar-refractivity contribution in [2.45, 2.75) is 12.5 Å². The molecular formula is C10H14N2O2. The van der Waals surface area contributed by atoms with Gasteiger partial charge in [-0.1, -0.05) is 12.1 Å². The first-order valence-corrected chi connectivity index (χ1v) is 4.31. The van der Waals surface area contributed by atoms with Crippen molar-refractivity contribution in [1.82, 2.24) is 0 Å². The lowest BCUT2D eigenvalue weighted by Gasteiger charge is -2.09. The number of nitrogens with two attached hydrogens (primary N) is 2. The molecule has 0 saturated carbocycles. The predicted octanol–water partition coefficient (Wildman–Crippen LogP) is 0.312. The first kappa shape index (κ1) is 10.5. The number of hydrogen-bond acceptors (Lipinski definition) is 4. The van der Waals surface area contributed by atoms with Crippen molar-refractivity contribution < 1.29 is 9.53 Å². The highest BCUT2D eigenvalue weighted by molar-refractivity contribution is 5.75. The van der Waals surface area contributed by atoms with Gasteiger partial charge in [0.2, 0.25) is 0 Å². The molecule has 0 saturated heterocycles. The molecule has 0 amide bonds. The Hall–Kier alpha value is -1.55. The maximum atomic E-state index is 11.0. The number of nitrogen functional groups attached to an aromatic ring is 1. The molecule has 0 aliphatic rings. The molecule has 14 heavy (non-hydrogen) atoms. The summed E-state index contributed by atoms with van der Waals surface area (Å²) >= 11 is 0. The number of esters is 1. The van der Waals surface area contributed by atoms with Crippen LogP contribution in [0.2, 0.25) is 0 Å². The number of carbonyl (C=O) groups excluding carboxylic acids is 1. The summed E-state index contributed by atoms with van der Waals surface area (Å²) in [7, 11) is 1.32. The Balaban J connectivity index is 2.64. The van der Waals surface area contributed by atoms with E-state index in [9.17, 15) is 4.79 Å². The third-order valence-electron chi connectivity index (χ3n) is 1.91. The largest absolute Gasteiger partial charge is 0.468 e. The lowest BCUT2D eigenvalue weighted by atomic mass is 10.1. The Bertz CT molecular complexity index is 326. The van der Waals surface area contributed by atoms with Crippen molar-refractivity contribution >= 4 is 11.7 Å². The van der Waals surface area contributed by atoms with Gasteiger partial charge in [-0.2, -0.15) is 0 Å². The second-order valence-electron chi connectivity index (χ2n) is 3.08. The molecule has 0 aliphatic heterocycles. The van der Waals surface area contributed by atoms with Crippen LogP contribution in [0.1, 0.15) is 5.56 Å². The highest BCUT2D eigenvalue weighted by Crippen LogP contribution is 2.08. The monoisotopic (exact) mass is 194 g/mol. The summed E-state index contributed by atoms with van der Waals surface area (Å²) < 4.78 is 4.52. The molecular weight excluding hydrogens is 180 g/mol. The topological polar surface area (TPSA) is 78.3 Å². The summed E-state index contributed by atoms with van der Waals surface area (Å²) in [5.41, 5.74) is 12.8. The van der Waals surface area contributed by atoms with Gasteiger partial charge in [0.1, 0.15) is 6.04 Å². The predicted molar refractivity (Wildman–Crippen MR) is 54.5 cm³/mol. The fourth-order valence-corrected chi connectivity index (χ4v) is 1.21. The molecule has 4 nitrogen and oxygen atoms in total. The Morgan fingerprint density at radius 2 is 2.29 bits per heavy atom. The zero-order valence-electron chi connectivity index (χ0n) is 8.07. The standard InChI is InChI=1S/C10H14N2O2/c1-14-10(13)9(12)6-7-3-2-4-8(11)5-7/h2-5,9H,6,11-12H2,1H3. The van der Waals surface area contributed by atoms with Crippen LogP contribution in [-0.2, 0) is 16.0 Å². The lowest BCUT2D eigenvalue weighted by molar-refractivity contribution is -0.142. The second kappa shape index (κ2) is 4.62. The number of ether oxygens (including phenoxy) is 1. The van der Waals surface area contributed by atoms with E-state index in [2.05, 4.69) is 4.74 Å². The number of hydrogen-bond donors (Lipinski definition) is 2. The minimum absolute atomic E-state index is 0.410. The van der Waals surface area contributed by atoms with E-state index in [-0.39, 0.29) is 0 Å². The van der Waals surface area contributed by atoms with Gasteiger partial charge in [0.25, 0.3) is 0 Å². The van der Waals surface area contributed by atoms with Gasteiger partial charge < -0.3 is 16.2 Å². The maximum Gasteiger partial charge on any atom is 0.322 e. The van der Waals surface area contributed by atoms with Gasteiger partial charge in [-0.05, 0) is 24.1 Å². The quantitative estimate of drug-likeness (QED) is 0.536. The van der Waals surface area contributed by atoms with E-state index in [0.29, 0.717) is 12.1 Å². The molecule has 0 heterocycles. The highest BCUT2D eigenvalue weighted by Gasteiger charge is 2.13. The second-order valence-corrected chi connectivity index (χ2v) is 3.08. The zero-order valence-corrected chi connectivity index (χ0v) is 8.07. The van der Waals surface area contributed by atoms with Crippen LogP contribution in [0, 0.1) is 0 Å². The van der Waals surface area contributed by atoms with Crippen molar-refractivity contribution in [2.75, 3.05) is 12.8 Å².